The van der Waals surface area contributed by atoms with Gasteiger partial charge in [0.25, 0.3) is 0 Å². The summed E-state index contributed by atoms with van der Waals surface area (Å²) in [7, 11) is 0. The smallest absolute Gasteiger partial charge is 0.146 e. The number of halogens is 1. The van der Waals surface area contributed by atoms with Crippen LogP contribution in [0.5, 0.6) is 11.5 Å². The number of aliphatic hydroxyl groups excluding tert-OH is 1. The molecule has 112 valence electrons. The fourth-order valence-electron chi connectivity index (χ4n) is 2.35. The Morgan fingerprint density at radius 1 is 1.05 bits per heavy atom. The maximum absolute atomic E-state index is 9.55. The normalized spacial score (nSPS) is 12.5. The lowest BCUT2D eigenvalue weighted by Gasteiger charge is -2.14. The van der Waals surface area contributed by atoms with E-state index >= 15 is 0 Å². The molecule has 3 heteroatoms. The summed E-state index contributed by atoms with van der Waals surface area (Å²) in [5, 5.41) is 10.0. The molecule has 0 saturated carbocycles. The minimum Gasteiger partial charge on any atom is -0.456 e. The number of benzene rings is 2. The van der Waals surface area contributed by atoms with Crippen LogP contribution in [0.1, 0.15) is 49.5 Å². The van der Waals surface area contributed by atoms with Gasteiger partial charge in [-0.3, -0.25) is 0 Å². The zero-order valence-electron chi connectivity index (χ0n) is 12.9. The van der Waals surface area contributed by atoms with Crippen LogP contribution in [-0.2, 0) is 0 Å². The van der Waals surface area contributed by atoms with Crippen molar-refractivity contribution in [3.8, 4) is 11.5 Å². The molecule has 2 nitrogen and oxygen atoms in total. The molecular formula is C18H21ClO2. The molecule has 0 aromatic heterocycles. The average Bonchev–Trinajstić information content (AvgIpc) is 2.40. The average molecular weight is 305 g/mol. The van der Waals surface area contributed by atoms with Gasteiger partial charge in [-0.25, -0.2) is 0 Å². The molecule has 0 aliphatic carbocycles. The highest BCUT2D eigenvalue weighted by atomic mass is 35.5. The third-order valence-electron chi connectivity index (χ3n) is 3.53. The van der Waals surface area contributed by atoms with Gasteiger partial charge in [0.2, 0.25) is 0 Å². The SMILES string of the molecule is Cc1cc(Oc2ccc([C@H](C)O)cc2Cl)ccc1C(C)C. The van der Waals surface area contributed by atoms with Crippen molar-refractivity contribution in [1.29, 1.82) is 0 Å². The molecular weight excluding hydrogens is 284 g/mol. The Morgan fingerprint density at radius 2 is 1.76 bits per heavy atom. The number of hydrogen-bond donors (Lipinski definition) is 1. The van der Waals surface area contributed by atoms with Crippen LogP contribution in [0.3, 0.4) is 0 Å². The van der Waals surface area contributed by atoms with Crippen LogP contribution in [-0.4, -0.2) is 5.11 Å². The Morgan fingerprint density at radius 3 is 2.29 bits per heavy atom. The van der Waals surface area contributed by atoms with Crippen molar-refractivity contribution in [2.45, 2.75) is 39.7 Å². The van der Waals surface area contributed by atoms with Crippen molar-refractivity contribution in [3.05, 3.63) is 58.1 Å². The number of ether oxygens (including phenoxy) is 1. The summed E-state index contributed by atoms with van der Waals surface area (Å²) < 4.78 is 5.85. The molecule has 1 N–H and O–H groups in total. The van der Waals surface area contributed by atoms with E-state index in [0.717, 1.165) is 11.3 Å². The van der Waals surface area contributed by atoms with E-state index in [2.05, 4.69) is 26.8 Å². The lowest BCUT2D eigenvalue weighted by molar-refractivity contribution is 0.199. The highest BCUT2D eigenvalue weighted by molar-refractivity contribution is 6.32. The van der Waals surface area contributed by atoms with Gasteiger partial charge in [0.1, 0.15) is 11.5 Å². The van der Waals surface area contributed by atoms with Crippen molar-refractivity contribution < 1.29 is 9.84 Å². The van der Waals surface area contributed by atoms with Crippen LogP contribution in [0.15, 0.2) is 36.4 Å². The van der Waals surface area contributed by atoms with Gasteiger partial charge >= 0.3 is 0 Å². The Balaban J connectivity index is 2.24. The molecule has 0 fully saturated rings. The molecule has 1 atom stereocenters. The first-order valence-electron chi connectivity index (χ1n) is 7.14. The van der Waals surface area contributed by atoms with E-state index in [-0.39, 0.29) is 0 Å². The van der Waals surface area contributed by atoms with E-state index in [9.17, 15) is 5.11 Å². The summed E-state index contributed by atoms with van der Waals surface area (Å²) in [4.78, 5) is 0. The summed E-state index contributed by atoms with van der Waals surface area (Å²) >= 11 is 6.21. The number of aliphatic hydroxyl groups is 1. The summed E-state index contributed by atoms with van der Waals surface area (Å²) in [6, 6.07) is 11.4. The minimum atomic E-state index is -0.538. The van der Waals surface area contributed by atoms with Gasteiger partial charge in [0.15, 0.2) is 0 Å². The van der Waals surface area contributed by atoms with Crippen LogP contribution in [0, 0.1) is 6.92 Å². The summed E-state index contributed by atoms with van der Waals surface area (Å²) in [5.74, 6) is 1.86. The monoisotopic (exact) mass is 304 g/mol. The molecule has 0 heterocycles. The summed E-state index contributed by atoms with van der Waals surface area (Å²) in [6.45, 7) is 8.14. The molecule has 0 spiro atoms. The minimum absolute atomic E-state index is 0.493. The second-order valence-electron chi connectivity index (χ2n) is 5.64. The second-order valence-corrected chi connectivity index (χ2v) is 6.05. The van der Waals surface area contributed by atoms with Crippen molar-refractivity contribution in [1.82, 2.24) is 0 Å². The van der Waals surface area contributed by atoms with Crippen molar-refractivity contribution >= 4 is 11.6 Å². The number of rotatable bonds is 4. The van der Waals surface area contributed by atoms with Gasteiger partial charge < -0.3 is 9.84 Å². The highest BCUT2D eigenvalue weighted by Crippen LogP contribution is 2.33. The van der Waals surface area contributed by atoms with Gasteiger partial charge in [0.05, 0.1) is 11.1 Å². The number of aryl methyl sites for hydroxylation is 1. The van der Waals surface area contributed by atoms with E-state index in [0.29, 0.717) is 16.7 Å². The predicted molar refractivity (Wildman–Crippen MR) is 87.4 cm³/mol. The highest BCUT2D eigenvalue weighted by Gasteiger charge is 2.09. The summed E-state index contributed by atoms with van der Waals surface area (Å²) in [6.07, 6.45) is -0.538. The summed E-state index contributed by atoms with van der Waals surface area (Å²) in [5.41, 5.74) is 3.30. The Labute approximate surface area is 131 Å². The van der Waals surface area contributed by atoms with Gasteiger partial charge in [-0.2, -0.15) is 0 Å². The van der Waals surface area contributed by atoms with Crippen molar-refractivity contribution in [3.63, 3.8) is 0 Å². The van der Waals surface area contributed by atoms with E-state index in [1.807, 2.05) is 18.2 Å². The van der Waals surface area contributed by atoms with Crippen LogP contribution in [0.2, 0.25) is 5.02 Å². The van der Waals surface area contributed by atoms with Crippen LogP contribution < -0.4 is 4.74 Å². The zero-order chi connectivity index (χ0) is 15.6. The topological polar surface area (TPSA) is 29.5 Å². The van der Waals surface area contributed by atoms with E-state index in [1.165, 1.54) is 11.1 Å². The van der Waals surface area contributed by atoms with E-state index in [4.69, 9.17) is 16.3 Å². The lowest BCUT2D eigenvalue weighted by Crippen LogP contribution is -1.94. The standard InChI is InChI=1S/C18H21ClO2/c1-11(2)16-7-6-15(9-12(16)3)21-18-8-5-14(13(4)20)10-17(18)19/h5-11,13,20H,1-4H3/t13-/m0/s1. The largest absolute Gasteiger partial charge is 0.456 e. The maximum Gasteiger partial charge on any atom is 0.146 e. The van der Waals surface area contributed by atoms with Crippen LogP contribution >= 0.6 is 11.6 Å². The molecule has 2 rings (SSSR count). The first-order valence-corrected chi connectivity index (χ1v) is 7.52. The first-order chi connectivity index (χ1) is 9.88. The molecule has 21 heavy (non-hydrogen) atoms. The zero-order valence-corrected chi connectivity index (χ0v) is 13.6. The van der Waals surface area contributed by atoms with Gasteiger partial charge in [-0.15, -0.1) is 0 Å². The third kappa shape index (κ3) is 3.78. The predicted octanol–water partition coefficient (Wildman–Crippen LogP) is 5.62. The van der Waals surface area contributed by atoms with Gasteiger partial charge in [-0.05, 0) is 60.7 Å². The lowest BCUT2D eigenvalue weighted by atomic mass is 9.98. The molecule has 0 radical (unpaired) electrons. The van der Waals surface area contributed by atoms with E-state index in [1.54, 1.807) is 19.1 Å². The van der Waals surface area contributed by atoms with Crippen molar-refractivity contribution in [2.75, 3.05) is 0 Å². The molecule has 0 amide bonds. The Hall–Kier alpha value is -1.51. The maximum atomic E-state index is 9.55. The molecule has 2 aromatic carbocycles. The quantitative estimate of drug-likeness (QED) is 0.794. The molecule has 0 aliphatic heterocycles. The first kappa shape index (κ1) is 15.9. The van der Waals surface area contributed by atoms with Crippen LogP contribution in [0.4, 0.5) is 0 Å². The van der Waals surface area contributed by atoms with Gasteiger partial charge in [0, 0.05) is 0 Å². The Kier molecular flexibility index (Phi) is 4.92. The number of hydrogen-bond acceptors (Lipinski definition) is 2. The molecule has 0 unspecified atom stereocenters. The molecule has 2 aromatic rings. The van der Waals surface area contributed by atoms with E-state index < -0.39 is 6.10 Å². The third-order valence-corrected chi connectivity index (χ3v) is 3.82. The molecule has 0 bridgehead atoms. The van der Waals surface area contributed by atoms with Crippen molar-refractivity contribution in [2.24, 2.45) is 0 Å². The molecule has 0 aliphatic rings. The Bertz CT molecular complexity index is 633. The fraction of sp³-hybridized carbons (Fsp3) is 0.333. The van der Waals surface area contributed by atoms with Gasteiger partial charge in [-0.1, -0.05) is 37.6 Å². The second kappa shape index (κ2) is 6.50. The fourth-order valence-corrected chi connectivity index (χ4v) is 2.57. The van der Waals surface area contributed by atoms with Crippen LogP contribution in [0.25, 0.3) is 0 Å². The molecule has 0 saturated heterocycles.